The van der Waals surface area contributed by atoms with Gasteiger partial charge in [-0.1, -0.05) is 6.92 Å². The molecule has 0 saturated carbocycles. The van der Waals surface area contributed by atoms with Crippen LogP contribution in [-0.4, -0.2) is 39.0 Å². The molecule has 1 atom stereocenters. The summed E-state index contributed by atoms with van der Waals surface area (Å²) < 4.78 is 11.1. The van der Waals surface area contributed by atoms with Crippen LogP contribution >= 0.6 is 0 Å². The summed E-state index contributed by atoms with van der Waals surface area (Å²) >= 11 is 0. The standard InChI is InChI=1S/C14H29NO2/c1-3-8-15-13(2)5-4-9-17-12-14-6-10-16-11-7-14/h13-15H,3-12H2,1-2H3. The zero-order valence-corrected chi connectivity index (χ0v) is 11.5. The molecule has 1 unspecified atom stereocenters. The molecule has 0 aliphatic carbocycles. The second-order valence-electron chi connectivity index (χ2n) is 5.13. The summed E-state index contributed by atoms with van der Waals surface area (Å²) in [6.07, 6.45) is 5.95. The van der Waals surface area contributed by atoms with E-state index in [9.17, 15) is 0 Å². The van der Waals surface area contributed by atoms with Gasteiger partial charge in [0, 0.05) is 32.5 Å². The van der Waals surface area contributed by atoms with Crippen LogP contribution in [0.25, 0.3) is 0 Å². The number of ether oxygens (including phenoxy) is 2. The van der Waals surface area contributed by atoms with Gasteiger partial charge in [0.15, 0.2) is 0 Å². The smallest absolute Gasteiger partial charge is 0.0495 e. The maximum absolute atomic E-state index is 5.74. The molecule has 0 amide bonds. The van der Waals surface area contributed by atoms with Crippen molar-refractivity contribution in [3.8, 4) is 0 Å². The Morgan fingerprint density at radius 1 is 1.35 bits per heavy atom. The van der Waals surface area contributed by atoms with E-state index >= 15 is 0 Å². The minimum atomic E-state index is 0.627. The fraction of sp³-hybridized carbons (Fsp3) is 1.00. The molecule has 1 heterocycles. The second-order valence-corrected chi connectivity index (χ2v) is 5.13. The summed E-state index contributed by atoms with van der Waals surface area (Å²) in [5.41, 5.74) is 0. The van der Waals surface area contributed by atoms with E-state index in [2.05, 4.69) is 19.2 Å². The van der Waals surface area contributed by atoms with Gasteiger partial charge in [0.1, 0.15) is 0 Å². The zero-order valence-electron chi connectivity index (χ0n) is 11.5. The molecule has 0 spiro atoms. The van der Waals surface area contributed by atoms with Crippen LogP contribution in [0.15, 0.2) is 0 Å². The van der Waals surface area contributed by atoms with Crippen molar-refractivity contribution in [1.29, 1.82) is 0 Å². The minimum Gasteiger partial charge on any atom is -0.381 e. The Bertz CT molecular complexity index is 170. The predicted molar refractivity (Wildman–Crippen MR) is 71.4 cm³/mol. The quantitative estimate of drug-likeness (QED) is 0.631. The molecule has 1 aliphatic rings. The summed E-state index contributed by atoms with van der Waals surface area (Å²) in [6.45, 7) is 9.28. The molecule has 1 N–H and O–H groups in total. The fourth-order valence-corrected chi connectivity index (χ4v) is 2.15. The molecule has 0 aromatic heterocycles. The van der Waals surface area contributed by atoms with Gasteiger partial charge in [-0.15, -0.1) is 0 Å². The van der Waals surface area contributed by atoms with Crippen LogP contribution in [0.1, 0.15) is 46.0 Å². The Labute approximate surface area is 106 Å². The van der Waals surface area contributed by atoms with E-state index in [4.69, 9.17) is 9.47 Å². The SMILES string of the molecule is CCCNC(C)CCCOCC1CCOCC1. The van der Waals surface area contributed by atoms with E-state index < -0.39 is 0 Å². The molecule has 1 aliphatic heterocycles. The summed E-state index contributed by atoms with van der Waals surface area (Å²) in [7, 11) is 0. The van der Waals surface area contributed by atoms with E-state index in [0.29, 0.717) is 6.04 Å². The van der Waals surface area contributed by atoms with Crippen molar-refractivity contribution < 1.29 is 9.47 Å². The lowest BCUT2D eigenvalue weighted by Crippen LogP contribution is -2.27. The van der Waals surface area contributed by atoms with Crippen LogP contribution in [-0.2, 0) is 9.47 Å². The van der Waals surface area contributed by atoms with Crippen LogP contribution < -0.4 is 5.32 Å². The molecule has 1 rings (SSSR count). The summed E-state index contributed by atoms with van der Waals surface area (Å²) in [5.74, 6) is 0.736. The molecule has 1 fully saturated rings. The van der Waals surface area contributed by atoms with Gasteiger partial charge in [-0.2, -0.15) is 0 Å². The first-order valence-electron chi connectivity index (χ1n) is 7.21. The van der Waals surface area contributed by atoms with Gasteiger partial charge in [0.25, 0.3) is 0 Å². The third-order valence-corrected chi connectivity index (χ3v) is 3.36. The van der Waals surface area contributed by atoms with Gasteiger partial charge in [-0.3, -0.25) is 0 Å². The Balaban J connectivity index is 1.86. The monoisotopic (exact) mass is 243 g/mol. The van der Waals surface area contributed by atoms with E-state index in [1.165, 1.54) is 32.1 Å². The van der Waals surface area contributed by atoms with Crippen molar-refractivity contribution in [1.82, 2.24) is 5.32 Å². The lowest BCUT2D eigenvalue weighted by molar-refractivity contribution is 0.0196. The Hall–Kier alpha value is -0.120. The molecular formula is C14H29NO2. The fourth-order valence-electron chi connectivity index (χ4n) is 2.15. The van der Waals surface area contributed by atoms with Crippen molar-refractivity contribution in [3.05, 3.63) is 0 Å². The molecule has 17 heavy (non-hydrogen) atoms. The largest absolute Gasteiger partial charge is 0.381 e. The molecule has 3 heteroatoms. The maximum Gasteiger partial charge on any atom is 0.0495 e. The second kappa shape index (κ2) is 9.86. The lowest BCUT2D eigenvalue weighted by Gasteiger charge is -2.21. The molecule has 0 radical (unpaired) electrons. The molecule has 0 aromatic rings. The van der Waals surface area contributed by atoms with E-state index in [-0.39, 0.29) is 0 Å². The number of hydrogen-bond donors (Lipinski definition) is 1. The third-order valence-electron chi connectivity index (χ3n) is 3.36. The highest BCUT2D eigenvalue weighted by Crippen LogP contribution is 2.14. The van der Waals surface area contributed by atoms with Gasteiger partial charge in [0.2, 0.25) is 0 Å². The molecule has 0 aromatic carbocycles. The Morgan fingerprint density at radius 3 is 2.82 bits per heavy atom. The van der Waals surface area contributed by atoms with Gasteiger partial charge in [-0.05, 0) is 51.5 Å². The summed E-state index contributed by atoms with van der Waals surface area (Å²) in [5, 5.41) is 3.50. The van der Waals surface area contributed by atoms with Crippen molar-refractivity contribution in [2.75, 3.05) is 33.0 Å². The van der Waals surface area contributed by atoms with Crippen LogP contribution in [0.2, 0.25) is 0 Å². The summed E-state index contributed by atoms with van der Waals surface area (Å²) in [6, 6.07) is 0.627. The topological polar surface area (TPSA) is 30.5 Å². The molecular weight excluding hydrogens is 214 g/mol. The van der Waals surface area contributed by atoms with Gasteiger partial charge in [-0.25, -0.2) is 0 Å². The normalized spacial score (nSPS) is 19.4. The van der Waals surface area contributed by atoms with Crippen molar-refractivity contribution in [2.45, 2.75) is 52.0 Å². The highest BCUT2D eigenvalue weighted by Gasteiger charge is 2.13. The molecule has 3 nitrogen and oxygen atoms in total. The molecule has 0 bridgehead atoms. The molecule has 102 valence electrons. The zero-order chi connectivity index (χ0) is 12.3. The predicted octanol–water partition coefficient (Wildman–Crippen LogP) is 2.60. The van der Waals surface area contributed by atoms with Crippen LogP contribution in [0, 0.1) is 5.92 Å². The summed E-state index contributed by atoms with van der Waals surface area (Å²) in [4.78, 5) is 0. The van der Waals surface area contributed by atoms with Gasteiger partial charge >= 0.3 is 0 Å². The third kappa shape index (κ3) is 7.74. The first kappa shape index (κ1) is 14.9. The van der Waals surface area contributed by atoms with Crippen LogP contribution in [0.5, 0.6) is 0 Å². The maximum atomic E-state index is 5.74. The van der Waals surface area contributed by atoms with E-state index in [1.54, 1.807) is 0 Å². The van der Waals surface area contributed by atoms with Crippen molar-refractivity contribution in [3.63, 3.8) is 0 Å². The average molecular weight is 243 g/mol. The number of hydrogen-bond acceptors (Lipinski definition) is 3. The first-order valence-corrected chi connectivity index (χ1v) is 7.21. The minimum absolute atomic E-state index is 0.627. The van der Waals surface area contributed by atoms with Crippen LogP contribution in [0.3, 0.4) is 0 Å². The van der Waals surface area contributed by atoms with Crippen LogP contribution in [0.4, 0.5) is 0 Å². The van der Waals surface area contributed by atoms with Gasteiger partial charge in [0.05, 0.1) is 0 Å². The van der Waals surface area contributed by atoms with E-state index in [0.717, 1.165) is 38.9 Å². The lowest BCUT2D eigenvalue weighted by atomic mass is 10.0. The Kier molecular flexibility index (Phi) is 8.67. The average Bonchev–Trinajstić information content (AvgIpc) is 2.37. The van der Waals surface area contributed by atoms with Crippen molar-refractivity contribution in [2.24, 2.45) is 5.92 Å². The Morgan fingerprint density at radius 2 is 2.12 bits per heavy atom. The first-order chi connectivity index (χ1) is 8.33. The van der Waals surface area contributed by atoms with Crippen molar-refractivity contribution >= 4 is 0 Å². The van der Waals surface area contributed by atoms with Gasteiger partial charge < -0.3 is 14.8 Å². The highest BCUT2D eigenvalue weighted by molar-refractivity contribution is 4.63. The highest BCUT2D eigenvalue weighted by atomic mass is 16.5. The van der Waals surface area contributed by atoms with E-state index in [1.807, 2.05) is 0 Å². The molecule has 1 saturated heterocycles. The number of nitrogens with one attached hydrogen (secondary N) is 1. The number of rotatable bonds is 9.